The highest BCUT2D eigenvalue weighted by molar-refractivity contribution is 5.58. The number of hydrogen-bond acceptors (Lipinski definition) is 4. The average molecular weight is 274 g/mol. The Kier molecular flexibility index (Phi) is 4.63. The number of nitrogens with one attached hydrogen (secondary N) is 2. The normalized spacial score (nSPS) is 10.8. The van der Waals surface area contributed by atoms with Crippen LogP contribution < -0.4 is 10.1 Å². The Morgan fingerprint density at radius 3 is 2.75 bits per heavy atom. The molecule has 108 valence electrons. The summed E-state index contributed by atoms with van der Waals surface area (Å²) in [5, 5.41) is 3.39. The Hall–Kier alpha value is -2.01. The number of benzene rings is 1. The molecule has 2 rings (SSSR count). The van der Waals surface area contributed by atoms with Crippen LogP contribution in [0.2, 0.25) is 0 Å². The summed E-state index contributed by atoms with van der Waals surface area (Å²) >= 11 is 0. The maximum absolute atomic E-state index is 5.40. The van der Waals surface area contributed by atoms with Crippen molar-refractivity contribution in [3.8, 4) is 5.75 Å². The van der Waals surface area contributed by atoms with E-state index >= 15 is 0 Å². The fourth-order valence-corrected chi connectivity index (χ4v) is 2.11. The van der Waals surface area contributed by atoms with Gasteiger partial charge in [-0.2, -0.15) is 0 Å². The number of methoxy groups -OCH3 is 1. The topological polar surface area (TPSA) is 53.2 Å². The maximum atomic E-state index is 5.40. The van der Waals surface area contributed by atoms with Gasteiger partial charge in [-0.25, -0.2) is 4.98 Å². The van der Waals surface area contributed by atoms with Crippen LogP contribution in [0.25, 0.3) is 0 Å². The third-order valence-corrected chi connectivity index (χ3v) is 2.99. The van der Waals surface area contributed by atoms with Crippen molar-refractivity contribution in [2.75, 3.05) is 26.5 Å². The molecule has 0 spiro atoms. The molecule has 5 nitrogen and oxygen atoms in total. The highest BCUT2D eigenvalue weighted by Crippen LogP contribution is 2.26. The molecule has 0 fully saturated rings. The number of rotatable bonds is 6. The van der Waals surface area contributed by atoms with Crippen LogP contribution in [-0.2, 0) is 13.1 Å². The highest BCUT2D eigenvalue weighted by Gasteiger charge is 2.06. The van der Waals surface area contributed by atoms with E-state index in [4.69, 9.17) is 4.74 Å². The molecule has 1 aromatic carbocycles. The van der Waals surface area contributed by atoms with Gasteiger partial charge in [0.15, 0.2) is 0 Å². The zero-order valence-corrected chi connectivity index (χ0v) is 12.5. The predicted octanol–water partition coefficient (Wildman–Crippen LogP) is 2.40. The molecule has 5 heteroatoms. The lowest BCUT2D eigenvalue weighted by molar-refractivity contribution is 0.400. The lowest BCUT2D eigenvalue weighted by atomic mass is 10.1. The zero-order valence-electron chi connectivity index (χ0n) is 12.5. The number of H-pyrrole nitrogens is 1. The minimum atomic E-state index is 0.697. The van der Waals surface area contributed by atoms with Gasteiger partial charge >= 0.3 is 0 Å². The molecule has 0 radical (unpaired) electrons. The standard InChI is InChI=1S/C15H22N4O/c1-11-16-8-13(18-11)9-17-14-7-12(10-19(2)3)5-6-15(14)20-4/h5-8,17H,9-10H2,1-4H3,(H,16,18). The van der Waals surface area contributed by atoms with E-state index in [1.807, 2.05) is 19.2 Å². The molecule has 1 aromatic heterocycles. The van der Waals surface area contributed by atoms with Crippen molar-refractivity contribution in [1.29, 1.82) is 0 Å². The Morgan fingerprint density at radius 1 is 1.35 bits per heavy atom. The number of ether oxygens (including phenoxy) is 1. The summed E-state index contributed by atoms with van der Waals surface area (Å²) in [6.07, 6.45) is 1.85. The molecule has 2 aromatic rings. The van der Waals surface area contributed by atoms with Gasteiger partial charge in [0.1, 0.15) is 11.6 Å². The van der Waals surface area contributed by atoms with Gasteiger partial charge in [-0.15, -0.1) is 0 Å². The Balaban J connectivity index is 2.11. The molecule has 0 unspecified atom stereocenters. The van der Waals surface area contributed by atoms with Gasteiger partial charge in [0.25, 0.3) is 0 Å². The fourth-order valence-electron chi connectivity index (χ4n) is 2.11. The summed E-state index contributed by atoms with van der Waals surface area (Å²) in [5.41, 5.74) is 3.31. The lowest BCUT2D eigenvalue weighted by Crippen LogP contribution is -2.11. The summed E-state index contributed by atoms with van der Waals surface area (Å²) < 4.78 is 5.40. The third-order valence-electron chi connectivity index (χ3n) is 2.99. The molecule has 0 amide bonds. The monoisotopic (exact) mass is 274 g/mol. The predicted molar refractivity (Wildman–Crippen MR) is 81.0 cm³/mol. The number of hydrogen-bond donors (Lipinski definition) is 2. The number of aryl methyl sites for hydroxylation is 1. The van der Waals surface area contributed by atoms with Crippen LogP contribution in [0.5, 0.6) is 5.75 Å². The van der Waals surface area contributed by atoms with Crippen LogP contribution in [0.4, 0.5) is 5.69 Å². The molecule has 0 bridgehead atoms. The third kappa shape index (κ3) is 3.74. The summed E-state index contributed by atoms with van der Waals surface area (Å²) in [6.45, 7) is 3.55. The van der Waals surface area contributed by atoms with E-state index < -0.39 is 0 Å². The quantitative estimate of drug-likeness (QED) is 0.849. The van der Waals surface area contributed by atoms with Crippen molar-refractivity contribution in [2.24, 2.45) is 0 Å². The first kappa shape index (κ1) is 14.4. The van der Waals surface area contributed by atoms with Crippen LogP contribution in [0, 0.1) is 6.92 Å². The van der Waals surface area contributed by atoms with E-state index in [-0.39, 0.29) is 0 Å². The second-order valence-corrected chi connectivity index (χ2v) is 5.12. The molecule has 0 saturated heterocycles. The average Bonchev–Trinajstić information content (AvgIpc) is 2.82. The van der Waals surface area contributed by atoms with Gasteiger partial charge in [-0.1, -0.05) is 6.07 Å². The second-order valence-electron chi connectivity index (χ2n) is 5.12. The summed E-state index contributed by atoms with van der Waals surface area (Å²) in [6, 6.07) is 6.21. The molecule has 0 aliphatic carbocycles. The first-order chi connectivity index (χ1) is 9.58. The maximum Gasteiger partial charge on any atom is 0.141 e. The SMILES string of the molecule is COc1ccc(CN(C)C)cc1NCc1cnc(C)[nH]1. The van der Waals surface area contributed by atoms with Crippen LogP contribution >= 0.6 is 0 Å². The smallest absolute Gasteiger partial charge is 0.141 e. The second kappa shape index (κ2) is 6.43. The summed E-state index contributed by atoms with van der Waals surface area (Å²) in [7, 11) is 5.81. The first-order valence-electron chi connectivity index (χ1n) is 6.64. The zero-order chi connectivity index (χ0) is 14.5. The highest BCUT2D eigenvalue weighted by atomic mass is 16.5. The van der Waals surface area contributed by atoms with Crippen molar-refractivity contribution < 1.29 is 4.74 Å². The van der Waals surface area contributed by atoms with Crippen molar-refractivity contribution >= 4 is 5.69 Å². The van der Waals surface area contributed by atoms with Crippen LogP contribution in [-0.4, -0.2) is 36.1 Å². The lowest BCUT2D eigenvalue weighted by Gasteiger charge is -2.14. The summed E-state index contributed by atoms with van der Waals surface area (Å²) in [5.74, 6) is 1.78. The fraction of sp³-hybridized carbons (Fsp3) is 0.400. The van der Waals surface area contributed by atoms with E-state index in [9.17, 15) is 0 Å². The van der Waals surface area contributed by atoms with E-state index in [1.54, 1.807) is 7.11 Å². The summed E-state index contributed by atoms with van der Waals surface area (Å²) in [4.78, 5) is 9.55. The largest absolute Gasteiger partial charge is 0.495 e. The first-order valence-corrected chi connectivity index (χ1v) is 6.64. The molecule has 0 atom stereocenters. The molecule has 1 heterocycles. The molecule has 20 heavy (non-hydrogen) atoms. The number of aromatic nitrogens is 2. The van der Waals surface area contributed by atoms with Crippen molar-refractivity contribution in [3.05, 3.63) is 41.5 Å². The number of aromatic amines is 1. The van der Waals surface area contributed by atoms with Crippen molar-refractivity contribution in [3.63, 3.8) is 0 Å². The van der Waals surface area contributed by atoms with Crippen molar-refractivity contribution in [1.82, 2.24) is 14.9 Å². The van der Waals surface area contributed by atoms with Gasteiger partial charge in [0, 0.05) is 6.54 Å². The van der Waals surface area contributed by atoms with Gasteiger partial charge in [0.2, 0.25) is 0 Å². The molecular formula is C15H22N4O. The molecule has 0 aliphatic heterocycles. The van der Waals surface area contributed by atoms with Crippen LogP contribution in [0.3, 0.4) is 0 Å². The molecule has 2 N–H and O–H groups in total. The number of nitrogens with zero attached hydrogens (tertiary/aromatic N) is 2. The van der Waals surface area contributed by atoms with Crippen molar-refractivity contribution in [2.45, 2.75) is 20.0 Å². The van der Waals surface area contributed by atoms with Crippen LogP contribution in [0.15, 0.2) is 24.4 Å². The van der Waals surface area contributed by atoms with E-state index in [2.05, 4.69) is 46.4 Å². The van der Waals surface area contributed by atoms with E-state index in [1.165, 1.54) is 5.56 Å². The molecular weight excluding hydrogens is 252 g/mol. The Morgan fingerprint density at radius 2 is 2.15 bits per heavy atom. The number of anilines is 1. The van der Waals surface area contributed by atoms with E-state index in [0.717, 1.165) is 29.5 Å². The minimum Gasteiger partial charge on any atom is -0.495 e. The number of imidazole rings is 1. The van der Waals surface area contributed by atoms with Crippen LogP contribution in [0.1, 0.15) is 17.1 Å². The van der Waals surface area contributed by atoms with Gasteiger partial charge < -0.3 is 19.9 Å². The van der Waals surface area contributed by atoms with E-state index in [0.29, 0.717) is 6.54 Å². The van der Waals surface area contributed by atoms with Gasteiger partial charge in [-0.05, 0) is 38.7 Å². The molecule has 0 aliphatic rings. The van der Waals surface area contributed by atoms with Gasteiger partial charge in [-0.3, -0.25) is 0 Å². The van der Waals surface area contributed by atoms with Gasteiger partial charge in [0.05, 0.1) is 31.2 Å². The Bertz CT molecular complexity index is 563. The minimum absolute atomic E-state index is 0.697. The molecule has 0 saturated carbocycles. The Labute approximate surface area is 120 Å².